The maximum absolute atomic E-state index is 5.89. The number of hydrogen-bond donors (Lipinski definition) is 1. The average molecular weight is 235 g/mol. The van der Waals surface area contributed by atoms with Gasteiger partial charge in [0.05, 0.1) is 13.7 Å². The van der Waals surface area contributed by atoms with Crippen molar-refractivity contribution in [3.05, 3.63) is 23.3 Å². The highest BCUT2D eigenvalue weighted by Crippen LogP contribution is 2.51. The molecular weight excluding hydrogens is 214 g/mol. The largest absolute Gasteiger partial charge is 0.496 e. The maximum atomic E-state index is 5.89. The van der Waals surface area contributed by atoms with Crippen molar-refractivity contribution >= 4 is 0 Å². The number of hydrogen-bond acceptors (Lipinski definition) is 3. The van der Waals surface area contributed by atoms with Crippen LogP contribution in [0.2, 0.25) is 0 Å². The second-order valence-corrected chi connectivity index (χ2v) is 4.74. The van der Waals surface area contributed by atoms with Crippen molar-refractivity contribution in [3.63, 3.8) is 0 Å². The van der Waals surface area contributed by atoms with Gasteiger partial charge in [-0.3, -0.25) is 0 Å². The predicted octanol–water partition coefficient (Wildman–Crippen LogP) is 2.39. The Balaban J connectivity index is 2.45. The summed E-state index contributed by atoms with van der Waals surface area (Å²) in [5, 5.41) is 0. The summed E-state index contributed by atoms with van der Waals surface area (Å²) in [5.74, 6) is 1.89. The van der Waals surface area contributed by atoms with E-state index in [-0.39, 0.29) is 5.41 Å². The van der Waals surface area contributed by atoms with Crippen LogP contribution in [0.25, 0.3) is 0 Å². The van der Waals surface area contributed by atoms with Crippen LogP contribution < -0.4 is 15.2 Å². The molecule has 1 aromatic rings. The summed E-state index contributed by atoms with van der Waals surface area (Å²) in [6, 6.07) is 4.16. The molecule has 0 unspecified atom stereocenters. The van der Waals surface area contributed by atoms with E-state index in [2.05, 4.69) is 12.1 Å². The minimum atomic E-state index is 0.130. The van der Waals surface area contributed by atoms with Gasteiger partial charge in [-0.15, -0.1) is 0 Å². The lowest BCUT2D eigenvalue weighted by Gasteiger charge is -2.19. The molecule has 17 heavy (non-hydrogen) atoms. The number of aryl methyl sites for hydroxylation is 1. The van der Waals surface area contributed by atoms with Crippen LogP contribution in [0.15, 0.2) is 12.1 Å². The zero-order chi connectivity index (χ0) is 12.5. The van der Waals surface area contributed by atoms with Crippen molar-refractivity contribution in [2.24, 2.45) is 5.73 Å². The quantitative estimate of drug-likeness (QED) is 0.852. The smallest absolute Gasteiger partial charge is 0.123 e. The van der Waals surface area contributed by atoms with Crippen molar-refractivity contribution in [2.45, 2.75) is 32.1 Å². The molecule has 3 nitrogen and oxygen atoms in total. The Bertz CT molecular complexity index is 411. The Morgan fingerprint density at radius 2 is 2.00 bits per heavy atom. The minimum absolute atomic E-state index is 0.130. The molecule has 1 aromatic carbocycles. The zero-order valence-electron chi connectivity index (χ0n) is 10.9. The molecule has 1 aliphatic rings. The summed E-state index contributed by atoms with van der Waals surface area (Å²) in [6.07, 6.45) is 2.29. The molecule has 94 valence electrons. The first-order chi connectivity index (χ1) is 8.16. The Morgan fingerprint density at radius 1 is 1.29 bits per heavy atom. The molecule has 0 aliphatic heterocycles. The van der Waals surface area contributed by atoms with E-state index in [1.807, 2.05) is 13.8 Å². The van der Waals surface area contributed by atoms with Crippen LogP contribution in [0, 0.1) is 6.92 Å². The molecule has 2 rings (SSSR count). The van der Waals surface area contributed by atoms with Gasteiger partial charge in [0.25, 0.3) is 0 Å². The molecule has 0 heterocycles. The van der Waals surface area contributed by atoms with Crippen molar-refractivity contribution < 1.29 is 9.47 Å². The van der Waals surface area contributed by atoms with Crippen LogP contribution >= 0.6 is 0 Å². The topological polar surface area (TPSA) is 44.5 Å². The van der Waals surface area contributed by atoms with Gasteiger partial charge in [0.1, 0.15) is 11.5 Å². The zero-order valence-corrected chi connectivity index (χ0v) is 10.9. The van der Waals surface area contributed by atoms with Gasteiger partial charge >= 0.3 is 0 Å². The number of rotatable bonds is 5. The van der Waals surface area contributed by atoms with E-state index in [9.17, 15) is 0 Å². The molecule has 1 aliphatic carbocycles. The van der Waals surface area contributed by atoms with Gasteiger partial charge in [-0.05, 0) is 44.4 Å². The number of nitrogens with two attached hydrogens (primary N) is 1. The molecule has 0 bridgehead atoms. The van der Waals surface area contributed by atoms with Crippen LogP contribution in [-0.4, -0.2) is 20.3 Å². The van der Waals surface area contributed by atoms with Crippen LogP contribution in [0.4, 0.5) is 0 Å². The Hall–Kier alpha value is -1.22. The first kappa shape index (κ1) is 12.2. The second kappa shape index (κ2) is 4.57. The van der Waals surface area contributed by atoms with E-state index < -0.39 is 0 Å². The fourth-order valence-corrected chi connectivity index (χ4v) is 2.29. The summed E-state index contributed by atoms with van der Waals surface area (Å²) < 4.78 is 11.1. The summed E-state index contributed by atoms with van der Waals surface area (Å²) in [7, 11) is 1.71. The third-order valence-electron chi connectivity index (χ3n) is 3.61. The molecule has 0 saturated heterocycles. The normalized spacial score (nSPS) is 16.7. The summed E-state index contributed by atoms with van der Waals surface area (Å²) in [4.78, 5) is 0. The Labute approximate surface area is 103 Å². The third-order valence-corrected chi connectivity index (χ3v) is 3.61. The molecule has 0 spiro atoms. The average Bonchev–Trinajstić information content (AvgIpc) is 3.12. The van der Waals surface area contributed by atoms with E-state index in [0.717, 1.165) is 29.9 Å². The lowest BCUT2D eigenvalue weighted by Crippen LogP contribution is -2.20. The highest BCUT2D eigenvalue weighted by Gasteiger charge is 2.45. The van der Waals surface area contributed by atoms with Gasteiger partial charge in [-0.2, -0.15) is 0 Å². The van der Waals surface area contributed by atoms with Crippen LogP contribution in [-0.2, 0) is 5.41 Å². The van der Waals surface area contributed by atoms with E-state index >= 15 is 0 Å². The SMILES string of the molecule is CCOc1cc(C2(CN)CC2)c(OC)cc1C. The monoisotopic (exact) mass is 235 g/mol. The second-order valence-electron chi connectivity index (χ2n) is 4.74. The summed E-state index contributed by atoms with van der Waals surface area (Å²) >= 11 is 0. The maximum Gasteiger partial charge on any atom is 0.123 e. The van der Waals surface area contributed by atoms with Gasteiger partial charge < -0.3 is 15.2 Å². The van der Waals surface area contributed by atoms with Crippen molar-refractivity contribution in [1.82, 2.24) is 0 Å². The fraction of sp³-hybridized carbons (Fsp3) is 0.571. The summed E-state index contributed by atoms with van der Waals surface area (Å²) in [6.45, 7) is 5.40. The van der Waals surface area contributed by atoms with Gasteiger partial charge in [0.2, 0.25) is 0 Å². The predicted molar refractivity (Wildman–Crippen MR) is 68.9 cm³/mol. The fourth-order valence-electron chi connectivity index (χ4n) is 2.29. The van der Waals surface area contributed by atoms with Gasteiger partial charge in [0, 0.05) is 17.5 Å². The third kappa shape index (κ3) is 2.12. The molecule has 2 N–H and O–H groups in total. The Kier molecular flexibility index (Phi) is 3.29. The van der Waals surface area contributed by atoms with Crippen LogP contribution in [0.5, 0.6) is 11.5 Å². The van der Waals surface area contributed by atoms with Crippen molar-refractivity contribution in [3.8, 4) is 11.5 Å². The molecule has 0 radical (unpaired) electrons. The molecular formula is C14H21NO2. The van der Waals surface area contributed by atoms with E-state index in [0.29, 0.717) is 13.2 Å². The molecule has 1 fully saturated rings. The van der Waals surface area contributed by atoms with Crippen molar-refractivity contribution in [1.29, 1.82) is 0 Å². The van der Waals surface area contributed by atoms with Gasteiger partial charge in [-0.25, -0.2) is 0 Å². The van der Waals surface area contributed by atoms with Gasteiger partial charge in [0.15, 0.2) is 0 Å². The molecule has 0 amide bonds. The first-order valence-electron chi connectivity index (χ1n) is 6.19. The van der Waals surface area contributed by atoms with Crippen LogP contribution in [0.1, 0.15) is 30.9 Å². The van der Waals surface area contributed by atoms with E-state index in [1.165, 1.54) is 5.56 Å². The highest BCUT2D eigenvalue weighted by molar-refractivity contribution is 5.51. The lowest BCUT2D eigenvalue weighted by atomic mass is 9.93. The minimum Gasteiger partial charge on any atom is -0.496 e. The van der Waals surface area contributed by atoms with E-state index in [1.54, 1.807) is 7.11 Å². The number of benzene rings is 1. The molecule has 1 saturated carbocycles. The van der Waals surface area contributed by atoms with Crippen LogP contribution in [0.3, 0.4) is 0 Å². The molecule has 0 atom stereocenters. The molecule has 0 aromatic heterocycles. The number of methoxy groups -OCH3 is 1. The van der Waals surface area contributed by atoms with E-state index in [4.69, 9.17) is 15.2 Å². The summed E-state index contributed by atoms with van der Waals surface area (Å²) in [5.41, 5.74) is 8.34. The lowest BCUT2D eigenvalue weighted by molar-refractivity contribution is 0.335. The van der Waals surface area contributed by atoms with Gasteiger partial charge in [-0.1, -0.05) is 0 Å². The Morgan fingerprint density at radius 3 is 2.47 bits per heavy atom. The molecule has 3 heteroatoms. The van der Waals surface area contributed by atoms with Crippen molar-refractivity contribution in [2.75, 3.05) is 20.3 Å². The number of ether oxygens (including phenoxy) is 2. The first-order valence-corrected chi connectivity index (χ1v) is 6.19. The standard InChI is InChI=1S/C14H21NO2/c1-4-17-12-8-11(14(9-15)5-6-14)13(16-3)7-10(12)2/h7-8H,4-6,9,15H2,1-3H3. The highest BCUT2D eigenvalue weighted by atomic mass is 16.5.